The van der Waals surface area contributed by atoms with Gasteiger partial charge in [-0.05, 0) is 30.7 Å². The first-order chi connectivity index (χ1) is 7.84. The maximum Gasteiger partial charge on any atom is 0.344 e. The van der Waals surface area contributed by atoms with Crippen molar-refractivity contribution >= 4 is 15.8 Å². The monoisotopic (exact) mass is 258 g/mol. The number of hydrogen-bond donors (Lipinski definition) is 1. The lowest BCUT2D eigenvalue weighted by Gasteiger charge is -2.13. The fourth-order valence-electron chi connectivity index (χ4n) is 1.24. The number of carboxylic acids is 1. The van der Waals surface area contributed by atoms with Crippen molar-refractivity contribution in [3.63, 3.8) is 0 Å². The quantitative estimate of drug-likeness (QED) is 0.861. The van der Waals surface area contributed by atoms with E-state index in [1.807, 2.05) is 0 Å². The molecule has 0 saturated heterocycles. The Morgan fingerprint density at radius 1 is 1.35 bits per heavy atom. The van der Waals surface area contributed by atoms with Crippen LogP contribution in [0.1, 0.15) is 13.3 Å². The van der Waals surface area contributed by atoms with Gasteiger partial charge in [0.05, 0.1) is 4.90 Å². The number of rotatable bonds is 5. The molecular formula is C11H14O5S. The summed E-state index contributed by atoms with van der Waals surface area (Å²) in [5.41, 5.74) is 0. The Labute approximate surface area is 100.0 Å². The highest BCUT2D eigenvalue weighted by Crippen LogP contribution is 2.17. The van der Waals surface area contributed by atoms with Gasteiger partial charge in [-0.3, -0.25) is 0 Å². The maximum atomic E-state index is 11.2. The van der Waals surface area contributed by atoms with Crippen molar-refractivity contribution in [1.29, 1.82) is 0 Å². The molecule has 0 aliphatic heterocycles. The molecular weight excluding hydrogens is 244 g/mol. The number of carbonyl (C=O) groups is 1. The molecule has 0 amide bonds. The van der Waals surface area contributed by atoms with Crippen molar-refractivity contribution < 1.29 is 23.1 Å². The molecule has 0 fully saturated rings. The van der Waals surface area contributed by atoms with Crippen molar-refractivity contribution in [3.8, 4) is 5.75 Å². The van der Waals surface area contributed by atoms with E-state index in [1.54, 1.807) is 6.92 Å². The third-order valence-electron chi connectivity index (χ3n) is 2.18. The molecule has 1 rings (SSSR count). The summed E-state index contributed by atoms with van der Waals surface area (Å²) >= 11 is 0. The molecule has 6 heteroatoms. The number of benzene rings is 1. The van der Waals surface area contributed by atoms with E-state index in [0.29, 0.717) is 12.2 Å². The van der Waals surface area contributed by atoms with E-state index in [4.69, 9.17) is 9.84 Å². The molecule has 0 aliphatic carbocycles. The van der Waals surface area contributed by atoms with Crippen LogP contribution in [0.5, 0.6) is 5.75 Å². The topological polar surface area (TPSA) is 80.7 Å². The lowest BCUT2D eigenvalue weighted by atomic mass is 10.3. The summed E-state index contributed by atoms with van der Waals surface area (Å²) in [5.74, 6) is -0.702. The van der Waals surface area contributed by atoms with Crippen molar-refractivity contribution in [2.24, 2.45) is 0 Å². The summed E-state index contributed by atoms with van der Waals surface area (Å²) in [6.45, 7) is 1.70. The number of hydrogen-bond acceptors (Lipinski definition) is 4. The van der Waals surface area contributed by atoms with Crippen molar-refractivity contribution in [1.82, 2.24) is 0 Å². The highest BCUT2D eigenvalue weighted by Gasteiger charge is 2.16. The van der Waals surface area contributed by atoms with Crippen LogP contribution in [0.4, 0.5) is 0 Å². The van der Waals surface area contributed by atoms with Crippen LogP contribution in [-0.4, -0.2) is 31.9 Å². The molecule has 1 atom stereocenters. The molecule has 0 spiro atoms. The molecule has 1 aromatic carbocycles. The van der Waals surface area contributed by atoms with E-state index in [0.717, 1.165) is 6.26 Å². The van der Waals surface area contributed by atoms with Crippen molar-refractivity contribution in [2.45, 2.75) is 24.3 Å². The predicted octanol–water partition coefficient (Wildman–Crippen LogP) is 1.33. The summed E-state index contributed by atoms with van der Waals surface area (Å²) in [5, 5.41) is 8.80. The summed E-state index contributed by atoms with van der Waals surface area (Å²) in [4.78, 5) is 10.9. The Morgan fingerprint density at radius 3 is 2.24 bits per heavy atom. The predicted molar refractivity (Wildman–Crippen MR) is 61.9 cm³/mol. The van der Waals surface area contributed by atoms with Crippen molar-refractivity contribution in [2.75, 3.05) is 6.26 Å². The van der Waals surface area contributed by atoms with E-state index in [2.05, 4.69) is 0 Å². The largest absolute Gasteiger partial charge is 0.479 e. The van der Waals surface area contributed by atoms with Gasteiger partial charge < -0.3 is 9.84 Å². The number of carboxylic acid groups (broad SMARTS) is 1. The highest BCUT2D eigenvalue weighted by molar-refractivity contribution is 7.90. The molecule has 0 heterocycles. The van der Waals surface area contributed by atoms with E-state index in [9.17, 15) is 13.2 Å². The van der Waals surface area contributed by atoms with Gasteiger partial charge in [0, 0.05) is 6.26 Å². The second kappa shape index (κ2) is 5.18. The van der Waals surface area contributed by atoms with Crippen LogP contribution in [0.3, 0.4) is 0 Å². The SMILES string of the molecule is CCC(Oc1ccc(S(C)(=O)=O)cc1)C(=O)O. The lowest BCUT2D eigenvalue weighted by Crippen LogP contribution is -2.25. The normalized spacial score (nSPS) is 13.1. The van der Waals surface area contributed by atoms with Gasteiger partial charge in [-0.25, -0.2) is 13.2 Å². The molecule has 0 aromatic heterocycles. The second-order valence-electron chi connectivity index (χ2n) is 3.60. The fraction of sp³-hybridized carbons (Fsp3) is 0.364. The van der Waals surface area contributed by atoms with Crippen LogP contribution >= 0.6 is 0 Å². The van der Waals surface area contributed by atoms with Gasteiger partial charge in [-0.1, -0.05) is 6.92 Å². The van der Waals surface area contributed by atoms with Crippen LogP contribution in [0.15, 0.2) is 29.2 Å². The molecule has 0 aliphatic rings. The zero-order chi connectivity index (χ0) is 13.1. The molecule has 0 bridgehead atoms. The van der Waals surface area contributed by atoms with Crippen LogP contribution in [0, 0.1) is 0 Å². The van der Waals surface area contributed by atoms with E-state index in [-0.39, 0.29) is 4.90 Å². The van der Waals surface area contributed by atoms with Gasteiger partial charge in [-0.15, -0.1) is 0 Å². The molecule has 1 N–H and O–H groups in total. The third kappa shape index (κ3) is 3.74. The Bertz CT molecular complexity index is 489. The minimum atomic E-state index is -3.24. The smallest absolute Gasteiger partial charge is 0.344 e. The molecule has 17 heavy (non-hydrogen) atoms. The second-order valence-corrected chi connectivity index (χ2v) is 5.61. The lowest BCUT2D eigenvalue weighted by molar-refractivity contribution is -0.145. The van der Waals surface area contributed by atoms with Crippen LogP contribution in [0.2, 0.25) is 0 Å². The minimum Gasteiger partial charge on any atom is -0.479 e. The molecule has 0 saturated carbocycles. The Kier molecular flexibility index (Phi) is 4.11. The summed E-state index contributed by atoms with van der Waals surface area (Å²) in [6, 6.07) is 5.67. The number of ether oxygens (including phenoxy) is 1. The fourth-order valence-corrected chi connectivity index (χ4v) is 1.87. The Balaban J connectivity index is 2.85. The molecule has 1 aromatic rings. The van der Waals surface area contributed by atoms with Gasteiger partial charge in [0.15, 0.2) is 15.9 Å². The zero-order valence-electron chi connectivity index (χ0n) is 9.58. The van der Waals surface area contributed by atoms with Gasteiger partial charge in [0.2, 0.25) is 0 Å². The third-order valence-corrected chi connectivity index (χ3v) is 3.30. The average molecular weight is 258 g/mol. The first kappa shape index (κ1) is 13.5. The van der Waals surface area contributed by atoms with Gasteiger partial charge >= 0.3 is 5.97 Å². The van der Waals surface area contributed by atoms with Gasteiger partial charge in [0.25, 0.3) is 0 Å². The van der Waals surface area contributed by atoms with Gasteiger partial charge in [-0.2, -0.15) is 0 Å². The van der Waals surface area contributed by atoms with E-state index >= 15 is 0 Å². The Morgan fingerprint density at radius 2 is 1.88 bits per heavy atom. The minimum absolute atomic E-state index is 0.174. The van der Waals surface area contributed by atoms with Crippen LogP contribution < -0.4 is 4.74 Å². The molecule has 0 radical (unpaired) electrons. The van der Waals surface area contributed by atoms with E-state index in [1.165, 1.54) is 24.3 Å². The molecule has 1 unspecified atom stereocenters. The average Bonchev–Trinajstić information content (AvgIpc) is 2.25. The Hall–Kier alpha value is -1.56. The molecule has 94 valence electrons. The van der Waals surface area contributed by atoms with E-state index < -0.39 is 21.9 Å². The highest BCUT2D eigenvalue weighted by atomic mass is 32.2. The number of sulfone groups is 1. The number of aliphatic carboxylic acids is 1. The maximum absolute atomic E-state index is 11.2. The van der Waals surface area contributed by atoms with Crippen LogP contribution in [-0.2, 0) is 14.6 Å². The van der Waals surface area contributed by atoms with Crippen LogP contribution in [0.25, 0.3) is 0 Å². The molecule has 5 nitrogen and oxygen atoms in total. The standard InChI is InChI=1S/C11H14O5S/c1-3-10(11(12)13)16-8-4-6-9(7-5-8)17(2,14)15/h4-7,10H,3H2,1-2H3,(H,12,13). The summed E-state index contributed by atoms with van der Waals surface area (Å²) < 4.78 is 27.6. The van der Waals surface area contributed by atoms with Crippen molar-refractivity contribution in [3.05, 3.63) is 24.3 Å². The summed E-state index contributed by atoms with van der Waals surface area (Å²) in [7, 11) is -3.24. The van der Waals surface area contributed by atoms with Gasteiger partial charge in [0.1, 0.15) is 5.75 Å². The first-order valence-corrected chi connectivity index (χ1v) is 6.93. The summed E-state index contributed by atoms with van der Waals surface area (Å²) in [6.07, 6.45) is 0.525. The first-order valence-electron chi connectivity index (χ1n) is 5.04. The zero-order valence-corrected chi connectivity index (χ0v) is 10.4.